The standard InChI is InChI=1S/C16H12ClF3N2O2/c1-9-3-2-4-10(7-9)15(24)22-21-8-11-12(16(18,19)20)5-6-13(17)14(11)23/h2-8,23H,1H3,(H,22,24). The molecule has 126 valence electrons. The molecule has 0 bridgehead atoms. The first-order valence-electron chi connectivity index (χ1n) is 6.69. The molecule has 0 saturated heterocycles. The van der Waals surface area contributed by atoms with Crippen LogP contribution in [-0.4, -0.2) is 17.2 Å². The van der Waals surface area contributed by atoms with Crippen LogP contribution in [0.3, 0.4) is 0 Å². The molecule has 2 aromatic rings. The summed E-state index contributed by atoms with van der Waals surface area (Å²) in [7, 11) is 0. The van der Waals surface area contributed by atoms with E-state index < -0.39 is 29.0 Å². The van der Waals surface area contributed by atoms with E-state index in [1.807, 2.05) is 0 Å². The Morgan fingerprint density at radius 3 is 2.62 bits per heavy atom. The van der Waals surface area contributed by atoms with Crippen LogP contribution in [-0.2, 0) is 6.18 Å². The van der Waals surface area contributed by atoms with Gasteiger partial charge in [0.1, 0.15) is 5.75 Å². The molecule has 2 aromatic carbocycles. The molecule has 1 amide bonds. The van der Waals surface area contributed by atoms with E-state index in [4.69, 9.17) is 11.6 Å². The molecule has 24 heavy (non-hydrogen) atoms. The molecule has 0 aliphatic carbocycles. The molecule has 0 radical (unpaired) electrons. The van der Waals surface area contributed by atoms with Gasteiger partial charge in [0.15, 0.2) is 0 Å². The van der Waals surface area contributed by atoms with Gasteiger partial charge >= 0.3 is 6.18 Å². The Morgan fingerprint density at radius 1 is 1.29 bits per heavy atom. The van der Waals surface area contributed by atoms with Crippen molar-refractivity contribution in [3.8, 4) is 5.75 Å². The first kappa shape index (κ1) is 17.8. The molecular formula is C16H12ClF3N2O2. The highest BCUT2D eigenvalue weighted by molar-refractivity contribution is 6.32. The largest absolute Gasteiger partial charge is 0.506 e. The van der Waals surface area contributed by atoms with Crippen LogP contribution in [0.25, 0.3) is 0 Å². The van der Waals surface area contributed by atoms with Gasteiger partial charge in [-0.25, -0.2) is 5.43 Å². The SMILES string of the molecule is Cc1cccc(C(=O)NN=Cc2c(C(F)(F)F)ccc(Cl)c2O)c1. The monoisotopic (exact) mass is 356 g/mol. The fourth-order valence-electron chi connectivity index (χ4n) is 1.97. The van der Waals surface area contributed by atoms with Crippen LogP contribution in [0.15, 0.2) is 41.5 Å². The Morgan fingerprint density at radius 2 is 2.00 bits per heavy atom. The van der Waals surface area contributed by atoms with Crippen LogP contribution in [0.4, 0.5) is 13.2 Å². The summed E-state index contributed by atoms with van der Waals surface area (Å²) in [5.74, 6) is -1.36. The molecule has 0 aliphatic rings. The van der Waals surface area contributed by atoms with Gasteiger partial charge < -0.3 is 5.11 Å². The number of benzene rings is 2. The minimum absolute atomic E-state index is 0.255. The summed E-state index contributed by atoms with van der Waals surface area (Å²) >= 11 is 5.62. The summed E-state index contributed by atoms with van der Waals surface area (Å²) in [5.41, 5.74) is 1.52. The van der Waals surface area contributed by atoms with Crippen molar-refractivity contribution in [3.63, 3.8) is 0 Å². The number of rotatable bonds is 3. The van der Waals surface area contributed by atoms with E-state index in [0.29, 0.717) is 11.8 Å². The van der Waals surface area contributed by atoms with E-state index in [9.17, 15) is 23.1 Å². The van der Waals surface area contributed by atoms with Crippen molar-refractivity contribution in [2.75, 3.05) is 0 Å². The Labute approximate surface area is 140 Å². The number of halogens is 4. The number of carbonyl (C=O) groups excluding carboxylic acids is 1. The van der Waals surface area contributed by atoms with Gasteiger partial charge in [0.2, 0.25) is 0 Å². The number of carbonyl (C=O) groups is 1. The third-order valence-electron chi connectivity index (χ3n) is 3.11. The van der Waals surface area contributed by atoms with Crippen LogP contribution < -0.4 is 5.43 Å². The zero-order valence-electron chi connectivity index (χ0n) is 12.4. The molecule has 0 aromatic heterocycles. The first-order valence-corrected chi connectivity index (χ1v) is 7.06. The van der Waals surface area contributed by atoms with Crippen LogP contribution in [0.2, 0.25) is 5.02 Å². The number of hydrogen-bond donors (Lipinski definition) is 2. The molecule has 0 spiro atoms. The van der Waals surface area contributed by atoms with Crippen LogP contribution in [0.1, 0.15) is 27.0 Å². The van der Waals surface area contributed by atoms with Gasteiger partial charge in [-0.2, -0.15) is 18.3 Å². The van der Waals surface area contributed by atoms with Gasteiger partial charge in [-0.3, -0.25) is 4.79 Å². The van der Waals surface area contributed by atoms with Gasteiger partial charge in [0.05, 0.1) is 22.4 Å². The van der Waals surface area contributed by atoms with Gasteiger partial charge in [-0.05, 0) is 31.2 Å². The highest BCUT2D eigenvalue weighted by atomic mass is 35.5. The lowest BCUT2D eigenvalue weighted by Crippen LogP contribution is -2.18. The van der Waals surface area contributed by atoms with Crippen LogP contribution in [0, 0.1) is 6.92 Å². The van der Waals surface area contributed by atoms with Gasteiger partial charge in [-0.1, -0.05) is 29.3 Å². The number of hydrogen-bond acceptors (Lipinski definition) is 3. The molecule has 8 heteroatoms. The molecule has 2 rings (SSSR count). The third-order valence-corrected chi connectivity index (χ3v) is 3.42. The van der Waals surface area contributed by atoms with E-state index in [2.05, 4.69) is 10.5 Å². The Bertz CT molecular complexity index is 804. The minimum atomic E-state index is -4.70. The second-order valence-electron chi connectivity index (χ2n) is 4.92. The Kier molecular flexibility index (Phi) is 5.14. The number of nitrogens with zero attached hydrogens (tertiary/aromatic N) is 1. The molecule has 0 fully saturated rings. The Balaban J connectivity index is 2.26. The number of aromatic hydroxyl groups is 1. The summed E-state index contributed by atoms with van der Waals surface area (Å²) in [4.78, 5) is 11.9. The van der Waals surface area contributed by atoms with Crippen LogP contribution in [0.5, 0.6) is 5.75 Å². The number of phenols is 1. The average Bonchev–Trinajstić information content (AvgIpc) is 2.50. The highest BCUT2D eigenvalue weighted by Crippen LogP contribution is 2.38. The molecule has 0 heterocycles. The van der Waals surface area contributed by atoms with Crippen molar-refractivity contribution >= 4 is 23.7 Å². The minimum Gasteiger partial charge on any atom is -0.506 e. The van der Waals surface area contributed by atoms with Crippen molar-refractivity contribution < 1.29 is 23.1 Å². The van der Waals surface area contributed by atoms with E-state index in [-0.39, 0.29) is 5.02 Å². The summed E-state index contributed by atoms with van der Waals surface area (Å²) in [6.45, 7) is 1.79. The topological polar surface area (TPSA) is 61.7 Å². The van der Waals surface area contributed by atoms with E-state index >= 15 is 0 Å². The maximum Gasteiger partial charge on any atom is 0.417 e. The maximum absolute atomic E-state index is 13.0. The second-order valence-corrected chi connectivity index (χ2v) is 5.33. The number of nitrogens with one attached hydrogen (secondary N) is 1. The summed E-state index contributed by atoms with van der Waals surface area (Å²) < 4.78 is 38.9. The van der Waals surface area contributed by atoms with Crippen molar-refractivity contribution in [1.29, 1.82) is 0 Å². The number of alkyl halides is 3. The lowest BCUT2D eigenvalue weighted by molar-refractivity contribution is -0.137. The van der Waals surface area contributed by atoms with Gasteiger partial charge in [0, 0.05) is 5.56 Å². The zero-order valence-corrected chi connectivity index (χ0v) is 13.1. The number of phenolic OH excluding ortho intramolecular Hbond substituents is 1. The van der Waals surface area contributed by atoms with E-state index in [0.717, 1.165) is 17.7 Å². The molecule has 2 N–H and O–H groups in total. The van der Waals surface area contributed by atoms with E-state index in [1.165, 1.54) is 6.07 Å². The smallest absolute Gasteiger partial charge is 0.417 e. The van der Waals surface area contributed by atoms with Gasteiger partial charge in [-0.15, -0.1) is 0 Å². The first-order chi connectivity index (χ1) is 11.2. The van der Waals surface area contributed by atoms with Crippen molar-refractivity contribution in [2.24, 2.45) is 5.10 Å². The normalized spacial score (nSPS) is 11.7. The molecule has 0 unspecified atom stereocenters. The third kappa shape index (κ3) is 4.05. The van der Waals surface area contributed by atoms with Gasteiger partial charge in [0.25, 0.3) is 5.91 Å². The lowest BCUT2D eigenvalue weighted by atomic mass is 10.1. The molecule has 0 aliphatic heterocycles. The van der Waals surface area contributed by atoms with E-state index in [1.54, 1.807) is 25.1 Å². The molecule has 0 atom stereocenters. The summed E-state index contributed by atoms with van der Waals surface area (Å²) in [5, 5.41) is 12.9. The fourth-order valence-corrected chi connectivity index (χ4v) is 2.13. The zero-order chi connectivity index (χ0) is 17.9. The van der Waals surface area contributed by atoms with Crippen molar-refractivity contribution in [3.05, 3.63) is 63.7 Å². The molecule has 0 saturated carbocycles. The second kappa shape index (κ2) is 6.92. The average molecular weight is 357 g/mol. The predicted molar refractivity (Wildman–Crippen MR) is 84.4 cm³/mol. The summed E-state index contributed by atoms with van der Waals surface area (Å²) in [6, 6.07) is 8.26. The van der Waals surface area contributed by atoms with Crippen molar-refractivity contribution in [1.82, 2.24) is 5.43 Å². The number of aryl methyl sites for hydroxylation is 1. The molecular weight excluding hydrogens is 345 g/mol. The van der Waals surface area contributed by atoms with Crippen molar-refractivity contribution in [2.45, 2.75) is 13.1 Å². The number of hydrazone groups is 1. The van der Waals surface area contributed by atoms with Crippen LogP contribution >= 0.6 is 11.6 Å². The quantitative estimate of drug-likeness (QED) is 0.641. The Hall–Kier alpha value is -2.54. The predicted octanol–water partition coefficient (Wildman–Crippen LogP) is 4.14. The fraction of sp³-hybridized carbons (Fsp3) is 0.125. The highest BCUT2D eigenvalue weighted by Gasteiger charge is 2.34. The molecule has 4 nitrogen and oxygen atoms in total. The summed E-state index contributed by atoms with van der Waals surface area (Å²) in [6.07, 6.45) is -4.00. The lowest BCUT2D eigenvalue weighted by Gasteiger charge is -2.12. The number of amides is 1. The maximum atomic E-state index is 13.0.